The Morgan fingerprint density at radius 2 is 2.08 bits per heavy atom. The summed E-state index contributed by atoms with van der Waals surface area (Å²) in [6.45, 7) is 9.92. The number of benzene rings is 1. The molecule has 0 aromatic heterocycles. The molecule has 3 atom stereocenters. The van der Waals surface area contributed by atoms with E-state index >= 15 is 0 Å². The van der Waals surface area contributed by atoms with Crippen LogP contribution >= 0.6 is 0 Å². The van der Waals surface area contributed by atoms with Crippen molar-refractivity contribution in [3.05, 3.63) is 48.0 Å². The van der Waals surface area contributed by atoms with E-state index in [9.17, 15) is 9.59 Å². The molecule has 25 heavy (non-hydrogen) atoms. The van der Waals surface area contributed by atoms with Gasteiger partial charge in [0.2, 0.25) is 5.91 Å². The fraction of sp³-hybridized carbons (Fsp3) is 0.474. The molecule has 0 aliphatic carbocycles. The lowest BCUT2D eigenvalue weighted by Gasteiger charge is -2.59. The third-order valence-corrected chi connectivity index (χ3v) is 4.74. The van der Waals surface area contributed by atoms with Crippen LogP contribution in [0.1, 0.15) is 26.3 Å². The largest absolute Gasteiger partial charge is 0.508 e. The van der Waals surface area contributed by atoms with Crippen LogP contribution in [0, 0.1) is 5.92 Å². The van der Waals surface area contributed by atoms with E-state index in [0.717, 1.165) is 11.1 Å². The molecule has 0 spiro atoms. The number of ether oxygens (including phenoxy) is 3. The molecule has 2 aliphatic heterocycles. The van der Waals surface area contributed by atoms with Gasteiger partial charge in [-0.15, -0.1) is 0 Å². The zero-order valence-corrected chi connectivity index (χ0v) is 14.7. The van der Waals surface area contributed by atoms with Gasteiger partial charge in [0.1, 0.15) is 18.4 Å². The molecule has 2 saturated heterocycles. The SMILES string of the molecule is C=C1COC(C)(C)N2C(=O)[C@H](C(C)OC(=O)OCc3ccccc3)[C@@H]12. The Morgan fingerprint density at radius 3 is 2.76 bits per heavy atom. The lowest BCUT2D eigenvalue weighted by atomic mass is 9.76. The normalized spacial score (nSPS) is 25.6. The van der Waals surface area contributed by atoms with Gasteiger partial charge in [0.25, 0.3) is 0 Å². The minimum atomic E-state index is -0.778. The van der Waals surface area contributed by atoms with Crippen molar-refractivity contribution in [2.45, 2.75) is 45.2 Å². The van der Waals surface area contributed by atoms with E-state index in [1.165, 1.54) is 0 Å². The molecule has 6 heteroatoms. The maximum Gasteiger partial charge on any atom is 0.508 e. The van der Waals surface area contributed by atoms with Crippen molar-refractivity contribution in [2.24, 2.45) is 5.92 Å². The molecule has 0 radical (unpaired) electrons. The lowest BCUT2D eigenvalue weighted by Crippen LogP contribution is -2.74. The summed E-state index contributed by atoms with van der Waals surface area (Å²) in [4.78, 5) is 26.1. The van der Waals surface area contributed by atoms with E-state index in [0.29, 0.717) is 6.61 Å². The monoisotopic (exact) mass is 345 g/mol. The van der Waals surface area contributed by atoms with Crippen molar-refractivity contribution in [1.29, 1.82) is 0 Å². The molecule has 2 heterocycles. The molecule has 3 rings (SSSR count). The first-order valence-corrected chi connectivity index (χ1v) is 8.33. The Bertz CT molecular complexity index is 684. The molecule has 6 nitrogen and oxygen atoms in total. The molecule has 1 amide bonds. The first-order chi connectivity index (χ1) is 11.8. The van der Waals surface area contributed by atoms with Gasteiger partial charge in [-0.05, 0) is 31.9 Å². The fourth-order valence-corrected chi connectivity index (χ4v) is 3.41. The Labute approximate surface area is 147 Å². The van der Waals surface area contributed by atoms with Crippen LogP contribution in [0.3, 0.4) is 0 Å². The maximum atomic E-state index is 12.5. The van der Waals surface area contributed by atoms with Crippen LogP contribution in [0.4, 0.5) is 4.79 Å². The second kappa shape index (κ2) is 6.52. The van der Waals surface area contributed by atoms with Gasteiger partial charge in [-0.2, -0.15) is 0 Å². The number of β-lactam (4-membered cyclic amide) rings is 1. The number of nitrogens with zero attached hydrogens (tertiary/aromatic N) is 1. The number of hydrogen-bond donors (Lipinski definition) is 0. The van der Waals surface area contributed by atoms with Gasteiger partial charge < -0.3 is 19.1 Å². The molecule has 0 N–H and O–H groups in total. The Hall–Kier alpha value is -2.34. The molecular formula is C19H23NO5. The number of hydrogen-bond acceptors (Lipinski definition) is 5. The van der Waals surface area contributed by atoms with Crippen LogP contribution in [0.2, 0.25) is 0 Å². The second-order valence-electron chi connectivity index (χ2n) is 6.92. The molecule has 1 unspecified atom stereocenters. The highest BCUT2D eigenvalue weighted by Crippen LogP contribution is 2.43. The highest BCUT2D eigenvalue weighted by molar-refractivity contribution is 5.89. The summed E-state index contributed by atoms with van der Waals surface area (Å²) in [7, 11) is 0. The zero-order chi connectivity index (χ0) is 18.2. The zero-order valence-electron chi connectivity index (χ0n) is 14.7. The van der Waals surface area contributed by atoms with Gasteiger partial charge in [-0.1, -0.05) is 36.9 Å². The van der Waals surface area contributed by atoms with Crippen molar-refractivity contribution in [2.75, 3.05) is 6.61 Å². The number of amides is 1. The minimum Gasteiger partial charge on any atom is -0.430 e. The van der Waals surface area contributed by atoms with E-state index in [4.69, 9.17) is 14.2 Å². The van der Waals surface area contributed by atoms with Crippen LogP contribution in [0.15, 0.2) is 42.5 Å². The molecule has 1 aromatic carbocycles. The summed E-state index contributed by atoms with van der Waals surface area (Å²) in [5.41, 5.74) is 1.02. The summed E-state index contributed by atoms with van der Waals surface area (Å²) in [5.74, 6) is -0.542. The lowest BCUT2D eigenvalue weighted by molar-refractivity contribution is -0.225. The highest BCUT2D eigenvalue weighted by Gasteiger charge is 2.59. The molecule has 0 saturated carbocycles. The van der Waals surface area contributed by atoms with Crippen molar-refractivity contribution in [3.8, 4) is 0 Å². The second-order valence-corrected chi connectivity index (χ2v) is 6.92. The third kappa shape index (κ3) is 3.26. The van der Waals surface area contributed by atoms with E-state index < -0.39 is 23.9 Å². The van der Waals surface area contributed by atoms with Gasteiger partial charge in [0.15, 0.2) is 0 Å². The minimum absolute atomic E-state index is 0.0980. The van der Waals surface area contributed by atoms with Gasteiger partial charge in [-0.3, -0.25) is 4.79 Å². The van der Waals surface area contributed by atoms with Crippen LogP contribution in [-0.4, -0.2) is 41.4 Å². The summed E-state index contributed by atoms with van der Waals surface area (Å²) < 4.78 is 16.1. The topological polar surface area (TPSA) is 65.1 Å². The first-order valence-electron chi connectivity index (χ1n) is 8.33. The fourth-order valence-electron chi connectivity index (χ4n) is 3.41. The molecular weight excluding hydrogens is 322 g/mol. The molecule has 0 bridgehead atoms. The van der Waals surface area contributed by atoms with Gasteiger partial charge in [0, 0.05) is 0 Å². The molecule has 134 valence electrons. The van der Waals surface area contributed by atoms with Crippen molar-refractivity contribution in [1.82, 2.24) is 4.90 Å². The standard InChI is InChI=1S/C19H23NO5/c1-12-10-24-19(3,4)20-16(12)15(17(20)21)13(2)25-18(22)23-11-14-8-6-5-7-9-14/h5-9,13,15-16H,1,10-11H2,2-4H3/t13?,15-,16-/m1/s1. The number of rotatable bonds is 4. The van der Waals surface area contributed by atoms with E-state index in [2.05, 4.69) is 6.58 Å². The number of carbonyl (C=O) groups excluding carboxylic acids is 2. The average Bonchev–Trinajstić information content (AvgIpc) is 2.55. The van der Waals surface area contributed by atoms with Crippen LogP contribution < -0.4 is 0 Å². The predicted molar refractivity (Wildman–Crippen MR) is 90.5 cm³/mol. The van der Waals surface area contributed by atoms with Crippen molar-refractivity contribution in [3.63, 3.8) is 0 Å². The van der Waals surface area contributed by atoms with E-state index in [1.807, 2.05) is 44.2 Å². The first kappa shape index (κ1) is 17.5. The quantitative estimate of drug-likeness (QED) is 0.477. The highest BCUT2D eigenvalue weighted by atomic mass is 16.7. The number of fused-ring (bicyclic) bond motifs is 1. The van der Waals surface area contributed by atoms with Crippen LogP contribution in [0.5, 0.6) is 0 Å². The third-order valence-electron chi connectivity index (χ3n) is 4.74. The smallest absolute Gasteiger partial charge is 0.430 e. The molecule has 2 aliphatic rings. The van der Waals surface area contributed by atoms with Crippen LogP contribution in [-0.2, 0) is 25.6 Å². The predicted octanol–water partition coefficient (Wildman–Crippen LogP) is 2.88. The van der Waals surface area contributed by atoms with Crippen molar-refractivity contribution < 1.29 is 23.8 Å². The van der Waals surface area contributed by atoms with Gasteiger partial charge in [-0.25, -0.2) is 4.79 Å². The molecule has 1 aromatic rings. The summed E-state index contributed by atoms with van der Waals surface area (Å²) >= 11 is 0. The Balaban J connectivity index is 1.58. The Morgan fingerprint density at radius 1 is 1.40 bits per heavy atom. The Kier molecular flexibility index (Phi) is 4.56. The van der Waals surface area contributed by atoms with Gasteiger partial charge >= 0.3 is 6.16 Å². The maximum absolute atomic E-state index is 12.5. The van der Waals surface area contributed by atoms with Crippen molar-refractivity contribution >= 4 is 12.1 Å². The van der Waals surface area contributed by atoms with Gasteiger partial charge in [0.05, 0.1) is 18.6 Å². The average molecular weight is 345 g/mol. The van der Waals surface area contributed by atoms with E-state index in [1.54, 1.807) is 11.8 Å². The molecule has 2 fully saturated rings. The summed E-state index contributed by atoms with van der Waals surface area (Å²) in [5, 5.41) is 0. The number of carbonyl (C=O) groups is 2. The summed E-state index contributed by atoms with van der Waals surface area (Å²) in [6.07, 6.45) is -1.37. The van der Waals surface area contributed by atoms with Crippen LogP contribution in [0.25, 0.3) is 0 Å². The van der Waals surface area contributed by atoms with E-state index in [-0.39, 0.29) is 18.6 Å². The summed E-state index contributed by atoms with van der Waals surface area (Å²) in [6, 6.07) is 9.17.